The lowest BCUT2D eigenvalue weighted by atomic mass is 9.99. The number of ketones is 1. The molecule has 0 saturated carbocycles. The molecule has 0 aliphatic rings. The minimum atomic E-state index is -4.86. The van der Waals surface area contributed by atoms with E-state index in [0.717, 1.165) is 7.11 Å². The standard InChI is InChI=1S/C27H16F4N4O4S.CH4O/c28-16-5-6-19(29)22(10-16)40(38,39)35-21-8-7-20(30)23(24(21)31)25(36)18-12-34-27-17(18)9-15(11-33-27)13-1-3-14(4-2-13)26(32)37;1-2/h1-12,35H,(H2,32,37)(H,33,34);2H,1H3. The summed E-state index contributed by atoms with van der Waals surface area (Å²) in [4.78, 5) is 30.5. The van der Waals surface area contributed by atoms with Crippen molar-refractivity contribution < 1.29 is 40.7 Å². The Labute approximate surface area is 235 Å². The van der Waals surface area contributed by atoms with Crippen molar-refractivity contribution in [2.45, 2.75) is 4.90 Å². The fraction of sp³-hybridized carbons (Fsp3) is 0.0357. The van der Waals surface area contributed by atoms with Gasteiger partial charge in [0, 0.05) is 41.6 Å². The number of hydrogen-bond acceptors (Lipinski definition) is 6. The molecular weight excluding hydrogens is 580 g/mol. The summed E-state index contributed by atoms with van der Waals surface area (Å²) in [5, 5.41) is 7.20. The summed E-state index contributed by atoms with van der Waals surface area (Å²) >= 11 is 0. The van der Waals surface area contributed by atoms with Crippen LogP contribution >= 0.6 is 0 Å². The van der Waals surface area contributed by atoms with Crippen LogP contribution in [-0.4, -0.2) is 42.3 Å². The highest BCUT2D eigenvalue weighted by atomic mass is 32.2. The molecule has 0 unspecified atom stereocenters. The molecule has 0 fully saturated rings. The Kier molecular flexibility index (Phi) is 8.40. The van der Waals surface area contributed by atoms with Crippen LogP contribution in [0.25, 0.3) is 22.2 Å². The number of primary amides is 1. The lowest BCUT2D eigenvalue weighted by molar-refractivity contribution is 0.0998. The first-order valence-corrected chi connectivity index (χ1v) is 13.3. The zero-order chi connectivity index (χ0) is 30.8. The number of nitrogens with zero attached hydrogens (tertiary/aromatic N) is 1. The number of aliphatic hydroxyl groups excluding tert-OH is 1. The average molecular weight is 601 g/mol. The van der Waals surface area contributed by atoms with E-state index in [1.54, 1.807) is 22.9 Å². The number of aromatic nitrogens is 2. The Balaban J connectivity index is 0.00000198. The second kappa shape index (κ2) is 11.8. The highest BCUT2D eigenvalue weighted by Crippen LogP contribution is 2.30. The summed E-state index contributed by atoms with van der Waals surface area (Å²) < 4.78 is 84.8. The highest BCUT2D eigenvalue weighted by molar-refractivity contribution is 7.92. The van der Waals surface area contributed by atoms with Crippen LogP contribution in [0.1, 0.15) is 26.3 Å². The van der Waals surface area contributed by atoms with Crippen molar-refractivity contribution in [3.05, 3.63) is 113 Å². The van der Waals surface area contributed by atoms with Crippen LogP contribution in [0.15, 0.2) is 78.0 Å². The summed E-state index contributed by atoms with van der Waals surface area (Å²) in [7, 11) is -3.86. The van der Waals surface area contributed by atoms with Gasteiger partial charge < -0.3 is 15.8 Å². The van der Waals surface area contributed by atoms with Gasteiger partial charge in [0.2, 0.25) is 11.7 Å². The fourth-order valence-electron chi connectivity index (χ4n) is 4.03. The number of carbonyl (C=O) groups is 2. The molecule has 0 aliphatic carbocycles. The van der Waals surface area contributed by atoms with Gasteiger partial charge in [-0.3, -0.25) is 14.3 Å². The molecule has 42 heavy (non-hydrogen) atoms. The number of aliphatic hydroxyl groups is 1. The Hall–Kier alpha value is -5.08. The number of rotatable bonds is 7. The number of sulfonamides is 1. The third kappa shape index (κ3) is 5.70. The van der Waals surface area contributed by atoms with E-state index in [1.165, 1.54) is 24.5 Å². The van der Waals surface area contributed by atoms with Crippen molar-refractivity contribution in [1.82, 2.24) is 9.97 Å². The van der Waals surface area contributed by atoms with Crippen LogP contribution in [0.3, 0.4) is 0 Å². The van der Waals surface area contributed by atoms with Crippen LogP contribution in [0.4, 0.5) is 23.2 Å². The summed E-state index contributed by atoms with van der Waals surface area (Å²) in [6, 6.07) is 10.8. The van der Waals surface area contributed by atoms with Crippen LogP contribution < -0.4 is 10.5 Å². The number of benzene rings is 3. The number of halogens is 4. The number of fused-ring (bicyclic) bond motifs is 1. The molecule has 3 aromatic carbocycles. The second-order valence-electron chi connectivity index (χ2n) is 8.56. The molecule has 5 rings (SSSR count). The SMILES string of the molecule is CO.NC(=O)c1ccc(-c2cnc3[nH]cc(C(=O)c4c(F)ccc(NS(=O)(=O)c5cc(F)ccc5F)c4F)c3c2)cc1. The molecule has 216 valence electrons. The van der Waals surface area contributed by atoms with Crippen LogP contribution in [0, 0.1) is 23.3 Å². The lowest BCUT2D eigenvalue weighted by Crippen LogP contribution is -2.17. The van der Waals surface area contributed by atoms with E-state index in [2.05, 4.69) is 9.97 Å². The van der Waals surface area contributed by atoms with Crippen molar-refractivity contribution in [3.63, 3.8) is 0 Å². The Morgan fingerprint density at radius 2 is 1.57 bits per heavy atom. The van der Waals surface area contributed by atoms with E-state index in [0.29, 0.717) is 41.5 Å². The van der Waals surface area contributed by atoms with Crippen molar-refractivity contribution in [2.24, 2.45) is 5.73 Å². The molecule has 0 saturated heterocycles. The number of amides is 1. The number of H-pyrrole nitrogens is 1. The van der Waals surface area contributed by atoms with Crippen molar-refractivity contribution >= 4 is 38.4 Å². The first-order valence-electron chi connectivity index (χ1n) is 11.8. The van der Waals surface area contributed by atoms with E-state index in [4.69, 9.17) is 10.8 Å². The van der Waals surface area contributed by atoms with Gasteiger partial charge in [0.25, 0.3) is 10.0 Å². The number of carbonyl (C=O) groups excluding carboxylic acids is 2. The lowest BCUT2D eigenvalue weighted by Gasteiger charge is -2.12. The zero-order valence-electron chi connectivity index (χ0n) is 21.5. The average Bonchev–Trinajstić information content (AvgIpc) is 3.40. The van der Waals surface area contributed by atoms with Crippen LogP contribution in [0.5, 0.6) is 0 Å². The van der Waals surface area contributed by atoms with Gasteiger partial charge >= 0.3 is 0 Å². The number of nitrogens with one attached hydrogen (secondary N) is 2. The molecule has 5 N–H and O–H groups in total. The molecule has 0 radical (unpaired) electrons. The van der Waals surface area contributed by atoms with Crippen LogP contribution in [-0.2, 0) is 10.0 Å². The number of aromatic amines is 1. The number of nitrogens with two attached hydrogens (primary N) is 1. The van der Waals surface area contributed by atoms with E-state index in [9.17, 15) is 31.2 Å². The molecule has 0 spiro atoms. The predicted octanol–water partition coefficient (Wildman–Crippen LogP) is 4.53. The van der Waals surface area contributed by atoms with Crippen LogP contribution in [0.2, 0.25) is 0 Å². The number of pyridine rings is 1. The third-order valence-electron chi connectivity index (χ3n) is 6.02. The maximum atomic E-state index is 15.4. The highest BCUT2D eigenvalue weighted by Gasteiger charge is 2.27. The smallest absolute Gasteiger partial charge is 0.265 e. The van der Waals surface area contributed by atoms with Gasteiger partial charge in [0.1, 0.15) is 28.0 Å². The van der Waals surface area contributed by atoms with Gasteiger partial charge in [-0.05, 0) is 54.1 Å². The summed E-state index contributed by atoms with van der Waals surface area (Å²) in [5.41, 5.74) is 4.76. The molecule has 2 aromatic heterocycles. The Morgan fingerprint density at radius 1 is 0.905 bits per heavy atom. The monoisotopic (exact) mass is 600 g/mol. The largest absolute Gasteiger partial charge is 0.400 e. The normalized spacial score (nSPS) is 11.1. The van der Waals surface area contributed by atoms with E-state index in [1.807, 2.05) is 0 Å². The van der Waals surface area contributed by atoms with Crippen molar-refractivity contribution in [3.8, 4) is 11.1 Å². The molecule has 14 heteroatoms. The first-order chi connectivity index (χ1) is 20.0. The molecule has 0 aliphatic heterocycles. The first kappa shape index (κ1) is 29.9. The summed E-state index contributed by atoms with van der Waals surface area (Å²) in [6.07, 6.45) is 2.67. The second-order valence-corrected chi connectivity index (χ2v) is 10.2. The Bertz CT molecular complexity index is 1940. The van der Waals surface area contributed by atoms with Crippen molar-refractivity contribution in [1.29, 1.82) is 0 Å². The Morgan fingerprint density at radius 3 is 2.24 bits per heavy atom. The van der Waals surface area contributed by atoms with E-state index < -0.39 is 61.1 Å². The quantitative estimate of drug-likeness (QED) is 0.159. The van der Waals surface area contributed by atoms with E-state index in [-0.39, 0.29) is 22.2 Å². The van der Waals surface area contributed by atoms with Gasteiger partial charge in [-0.1, -0.05) is 12.1 Å². The fourth-order valence-corrected chi connectivity index (χ4v) is 5.18. The molecule has 2 heterocycles. The van der Waals surface area contributed by atoms with Crippen molar-refractivity contribution in [2.75, 3.05) is 11.8 Å². The minimum Gasteiger partial charge on any atom is -0.400 e. The molecule has 9 nitrogen and oxygen atoms in total. The summed E-state index contributed by atoms with van der Waals surface area (Å²) in [6.45, 7) is 0. The van der Waals surface area contributed by atoms with Gasteiger partial charge in [-0.25, -0.2) is 31.0 Å². The molecule has 5 aromatic rings. The van der Waals surface area contributed by atoms with Gasteiger partial charge in [0.15, 0.2) is 5.82 Å². The van der Waals surface area contributed by atoms with Gasteiger partial charge in [-0.15, -0.1) is 0 Å². The molecular formula is C28H20F4N4O5S. The minimum absolute atomic E-state index is 0.174. The van der Waals surface area contributed by atoms with Gasteiger partial charge in [0.05, 0.1) is 11.3 Å². The third-order valence-corrected chi connectivity index (χ3v) is 7.40. The topological polar surface area (TPSA) is 155 Å². The molecule has 0 bridgehead atoms. The molecule has 1 amide bonds. The maximum absolute atomic E-state index is 15.4. The van der Waals surface area contributed by atoms with Gasteiger partial charge in [-0.2, -0.15) is 0 Å². The zero-order valence-corrected chi connectivity index (χ0v) is 22.3. The van der Waals surface area contributed by atoms with E-state index >= 15 is 4.39 Å². The maximum Gasteiger partial charge on any atom is 0.265 e. The molecule has 0 atom stereocenters. The predicted molar refractivity (Wildman–Crippen MR) is 145 cm³/mol. The summed E-state index contributed by atoms with van der Waals surface area (Å²) in [5.74, 6) is -6.98. The number of hydrogen-bond donors (Lipinski definition) is 4. The number of anilines is 1.